The van der Waals surface area contributed by atoms with Gasteiger partial charge in [-0.1, -0.05) is 39.3 Å². The van der Waals surface area contributed by atoms with Crippen LogP contribution in [-0.2, 0) is 0 Å². The second-order valence-corrected chi connectivity index (χ2v) is 3.73. The molecule has 72 valence electrons. The summed E-state index contributed by atoms with van der Waals surface area (Å²) in [6, 6.07) is 6.07. The molecule has 0 saturated carbocycles. The van der Waals surface area contributed by atoms with E-state index in [1.54, 1.807) is 0 Å². The highest BCUT2D eigenvalue weighted by molar-refractivity contribution is 9.10. The highest BCUT2D eigenvalue weighted by Crippen LogP contribution is 2.17. The van der Waals surface area contributed by atoms with Gasteiger partial charge in [-0.15, -0.1) is 0 Å². The van der Waals surface area contributed by atoms with Gasteiger partial charge in [0.1, 0.15) is 0 Å². The first-order chi connectivity index (χ1) is 6.74. The standard InChI is InChI=1S/C10H10BrN3/c1-8-4-5-10(11)7-9(8)3-2-6-13-14-12/h2-5,7H,6H2,1H3. The predicted molar refractivity (Wildman–Crippen MR) is 61.9 cm³/mol. The molecule has 0 atom stereocenters. The molecule has 3 nitrogen and oxygen atoms in total. The van der Waals surface area contributed by atoms with Gasteiger partial charge < -0.3 is 0 Å². The molecule has 0 amide bonds. The molecular formula is C10H10BrN3. The summed E-state index contributed by atoms with van der Waals surface area (Å²) in [6.45, 7) is 2.43. The Kier molecular flexibility index (Phi) is 4.23. The van der Waals surface area contributed by atoms with Crippen molar-refractivity contribution in [3.05, 3.63) is 50.3 Å². The predicted octanol–water partition coefficient (Wildman–Crippen LogP) is 4.08. The van der Waals surface area contributed by atoms with Crippen LogP contribution in [0, 0.1) is 6.92 Å². The first kappa shape index (κ1) is 10.8. The van der Waals surface area contributed by atoms with Gasteiger partial charge in [-0.3, -0.25) is 0 Å². The molecule has 0 fully saturated rings. The van der Waals surface area contributed by atoms with Gasteiger partial charge in [0.05, 0.1) is 0 Å². The largest absolute Gasteiger partial charge is 0.0899 e. The first-order valence-corrected chi connectivity index (χ1v) is 4.97. The average Bonchev–Trinajstić information content (AvgIpc) is 2.18. The molecule has 4 heteroatoms. The second kappa shape index (κ2) is 5.47. The van der Waals surface area contributed by atoms with E-state index in [1.807, 2.05) is 37.3 Å². The molecule has 1 aromatic rings. The second-order valence-electron chi connectivity index (χ2n) is 2.82. The van der Waals surface area contributed by atoms with Crippen molar-refractivity contribution in [3.8, 4) is 0 Å². The Morgan fingerprint density at radius 1 is 1.57 bits per heavy atom. The summed E-state index contributed by atoms with van der Waals surface area (Å²) in [5, 5.41) is 3.42. The molecule has 0 radical (unpaired) electrons. The molecule has 14 heavy (non-hydrogen) atoms. The molecule has 0 bridgehead atoms. The van der Waals surface area contributed by atoms with E-state index in [4.69, 9.17) is 5.53 Å². The van der Waals surface area contributed by atoms with Gasteiger partial charge in [-0.25, -0.2) is 0 Å². The molecule has 0 aromatic heterocycles. The Bertz CT molecular complexity index is 392. The van der Waals surface area contributed by atoms with Crippen LogP contribution >= 0.6 is 15.9 Å². The minimum Gasteiger partial charge on any atom is -0.0899 e. The summed E-state index contributed by atoms with van der Waals surface area (Å²) in [7, 11) is 0. The summed E-state index contributed by atoms with van der Waals surface area (Å²) in [5.74, 6) is 0. The summed E-state index contributed by atoms with van der Waals surface area (Å²) in [5.41, 5.74) is 10.4. The lowest BCUT2D eigenvalue weighted by atomic mass is 10.1. The number of benzene rings is 1. The van der Waals surface area contributed by atoms with Crippen molar-refractivity contribution >= 4 is 22.0 Å². The van der Waals surface area contributed by atoms with E-state index in [9.17, 15) is 0 Å². The molecule has 0 aliphatic carbocycles. The van der Waals surface area contributed by atoms with E-state index in [0.717, 1.165) is 10.0 Å². The van der Waals surface area contributed by atoms with Crippen molar-refractivity contribution in [2.24, 2.45) is 5.11 Å². The van der Waals surface area contributed by atoms with Gasteiger partial charge in [0.25, 0.3) is 0 Å². The molecule has 1 rings (SSSR count). The summed E-state index contributed by atoms with van der Waals surface area (Å²) >= 11 is 3.40. The van der Waals surface area contributed by atoms with Crippen molar-refractivity contribution in [2.75, 3.05) is 6.54 Å². The Morgan fingerprint density at radius 3 is 3.07 bits per heavy atom. The van der Waals surface area contributed by atoms with Crippen molar-refractivity contribution in [2.45, 2.75) is 6.92 Å². The molecule has 0 saturated heterocycles. The number of rotatable bonds is 3. The zero-order valence-corrected chi connectivity index (χ0v) is 9.40. The fourth-order valence-electron chi connectivity index (χ4n) is 1.05. The molecular weight excluding hydrogens is 242 g/mol. The number of azide groups is 1. The van der Waals surface area contributed by atoms with Gasteiger partial charge in [0.15, 0.2) is 0 Å². The van der Waals surface area contributed by atoms with Crippen LogP contribution in [0.1, 0.15) is 11.1 Å². The van der Waals surface area contributed by atoms with Crippen LogP contribution in [0.4, 0.5) is 0 Å². The smallest absolute Gasteiger partial charge is 0.0443 e. The molecule has 0 N–H and O–H groups in total. The third kappa shape index (κ3) is 3.24. The van der Waals surface area contributed by atoms with Crippen LogP contribution in [0.15, 0.2) is 33.9 Å². The Hall–Kier alpha value is -1.25. The van der Waals surface area contributed by atoms with Crippen molar-refractivity contribution in [3.63, 3.8) is 0 Å². The topological polar surface area (TPSA) is 48.8 Å². The van der Waals surface area contributed by atoms with Crippen molar-refractivity contribution < 1.29 is 0 Å². The lowest BCUT2D eigenvalue weighted by Crippen LogP contribution is -1.80. The van der Waals surface area contributed by atoms with Crippen LogP contribution in [0.2, 0.25) is 0 Å². The maximum atomic E-state index is 8.08. The highest BCUT2D eigenvalue weighted by atomic mass is 79.9. The molecule has 0 aliphatic heterocycles. The number of nitrogens with zero attached hydrogens (tertiary/aromatic N) is 3. The van der Waals surface area contributed by atoms with Gasteiger partial charge in [-0.05, 0) is 35.7 Å². The summed E-state index contributed by atoms with van der Waals surface area (Å²) in [6.07, 6.45) is 3.79. The number of aryl methyl sites for hydroxylation is 1. The van der Waals surface area contributed by atoms with Crippen LogP contribution in [0.5, 0.6) is 0 Å². The summed E-state index contributed by atoms with van der Waals surface area (Å²) in [4.78, 5) is 2.67. The fourth-order valence-corrected chi connectivity index (χ4v) is 1.43. The van der Waals surface area contributed by atoms with Crippen LogP contribution < -0.4 is 0 Å². The first-order valence-electron chi connectivity index (χ1n) is 4.17. The summed E-state index contributed by atoms with van der Waals surface area (Å²) < 4.78 is 1.05. The van der Waals surface area contributed by atoms with Gasteiger partial charge in [0, 0.05) is 15.9 Å². The van der Waals surface area contributed by atoms with E-state index >= 15 is 0 Å². The average molecular weight is 252 g/mol. The van der Waals surface area contributed by atoms with Crippen molar-refractivity contribution in [1.29, 1.82) is 0 Å². The fraction of sp³-hybridized carbons (Fsp3) is 0.200. The third-order valence-electron chi connectivity index (χ3n) is 1.79. The van der Waals surface area contributed by atoms with E-state index < -0.39 is 0 Å². The third-order valence-corrected chi connectivity index (χ3v) is 2.28. The normalized spacial score (nSPS) is 10.1. The van der Waals surface area contributed by atoms with Gasteiger partial charge >= 0.3 is 0 Å². The quantitative estimate of drug-likeness (QED) is 0.442. The van der Waals surface area contributed by atoms with E-state index in [-0.39, 0.29) is 0 Å². The van der Waals surface area contributed by atoms with Crippen LogP contribution in [0.3, 0.4) is 0 Å². The molecule has 0 heterocycles. The van der Waals surface area contributed by atoms with Gasteiger partial charge in [-0.2, -0.15) is 0 Å². The number of halogens is 1. The maximum absolute atomic E-state index is 8.08. The zero-order chi connectivity index (χ0) is 10.4. The number of hydrogen-bond donors (Lipinski definition) is 0. The SMILES string of the molecule is Cc1ccc(Br)cc1C=CCN=[N+]=[N-]. The molecule has 0 unspecified atom stereocenters. The number of hydrogen-bond acceptors (Lipinski definition) is 1. The lowest BCUT2D eigenvalue weighted by Gasteiger charge is -1.99. The van der Waals surface area contributed by atoms with E-state index in [1.165, 1.54) is 5.56 Å². The van der Waals surface area contributed by atoms with Crippen LogP contribution in [-0.4, -0.2) is 6.54 Å². The van der Waals surface area contributed by atoms with Crippen LogP contribution in [0.25, 0.3) is 16.5 Å². The molecule has 1 aromatic carbocycles. The molecule has 0 aliphatic rings. The van der Waals surface area contributed by atoms with Crippen molar-refractivity contribution in [1.82, 2.24) is 0 Å². The minimum atomic E-state index is 0.391. The zero-order valence-electron chi connectivity index (χ0n) is 7.81. The van der Waals surface area contributed by atoms with Gasteiger partial charge in [0.2, 0.25) is 0 Å². The Morgan fingerprint density at radius 2 is 2.36 bits per heavy atom. The minimum absolute atomic E-state index is 0.391. The maximum Gasteiger partial charge on any atom is 0.0443 e. The molecule has 0 spiro atoms. The Labute approximate surface area is 91.2 Å². The lowest BCUT2D eigenvalue weighted by molar-refractivity contribution is 1.22. The van der Waals surface area contributed by atoms with E-state index in [0.29, 0.717) is 6.54 Å². The Balaban J connectivity index is 2.79. The van der Waals surface area contributed by atoms with E-state index in [2.05, 4.69) is 26.0 Å². The highest BCUT2D eigenvalue weighted by Gasteiger charge is 1.93. The monoisotopic (exact) mass is 251 g/mol.